The van der Waals surface area contributed by atoms with Crippen molar-refractivity contribution in [2.45, 2.75) is 24.7 Å². The van der Waals surface area contributed by atoms with E-state index in [1.165, 1.54) is 0 Å². The molecule has 0 unspecified atom stereocenters. The van der Waals surface area contributed by atoms with Gasteiger partial charge in [0.05, 0.1) is 16.5 Å². The first-order valence-electron chi connectivity index (χ1n) is 6.92. The van der Waals surface area contributed by atoms with Gasteiger partial charge in [-0.05, 0) is 43.0 Å². The molecule has 2 N–H and O–H groups in total. The van der Waals surface area contributed by atoms with Gasteiger partial charge in [-0.2, -0.15) is 4.31 Å². The minimum atomic E-state index is -3.41. The molecule has 1 aromatic carbocycles. The van der Waals surface area contributed by atoms with Crippen LogP contribution in [-0.2, 0) is 10.0 Å². The molecule has 7 heteroatoms. The van der Waals surface area contributed by atoms with Gasteiger partial charge in [0, 0.05) is 13.1 Å². The van der Waals surface area contributed by atoms with E-state index in [0.29, 0.717) is 35.4 Å². The molecule has 0 bridgehead atoms. The van der Waals surface area contributed by atoms with Crippen LogP contribution in [0.25, 0.3) is 0 Å². The second kappa shape index (κ2) is 6.77. The van der Waals surface area contributed by atoms with Gasteiger partial charge in [0.1, 0.15) is 5.84 Å². The molecular formula is C14H20ClN3O2S. The van der Waals surface area contributed by atoms with E-state index in [4.69, 9.17) is 17.3 Å². The molecule has 21 heavy (non-hydrogen) atoms. The average molecular weight is 330 g/mol. The van der Waals surface area contributed by atoms with Crippen molar-refractivity contribution in [3.63, 3.8) is 0 Å². The lowest BCUT2D eigenvalue weighted by Crippen LogP contribution is -2.37. The lowest BCUT2D eigenvalue weighted by atomic mass is 10.0. The number of rotatable bonds is 4. The molecule has 0 spiro atoms. The van der Waals surface area contributed by atoms with Crippen molar-refractivity contribution in [2.24, 2.45) is 16.6 Å². The van der Waals surface area contributed by atoms with E-state index in [1.54, 1.807) is 28.6 Å². The maximum atomic E-state index is 12.5. The molecule has 1 saturated heterocycles. The Balaban J connectivity index is 2.17. The molecule has 1 fully saturated rings. The van der Waals surface area contributed by atoms with Gasteiger partial charge in [0.2, 0.25) is 10.0 Å². The Morgan fingerprint density at radius 2 is 1.90 bits per heavy atom. The van der Waals surface area contributed by atoms with Crippen LogP contribution in [0.15, 0.2) is 34.2 Å². The van der Waals surface area contributed by atoms with E-state index < -0.39 is 10.0 Å². The normalized spacial score (nSPS) is 18.9. The second-order valence-electron chi connectivity index (χ2n) is 5.32. The maximum absolute atomic E-state index is 12.5. The summed E-state index contributed by atoms with van der Waals surface area (Å²) in [6, 6.07) is 6.40. The van der Waals surface area contributed by atoms with Crippen molar-refractivity contribution in [1.29, 1.82) is 0 Å². The van der Waals surface area contributed by atoms with Gasteiger partial charge in [0.15, 0.2) is 0 Å². The SMILES string of the molecule is CC1CCN(S(=O)(=O)c2ccc(N=C(N)CCl)cc2)CC1. The molecule has 116 valence electrons. The number of piperidine rings is 1. The standard InChI is InChI=1S/C14H20ClN3O2S/c1-11-6-8-18(9-7-11)21(19,20)13-4-2-12(3-5-13)17-14(16)10-15/h2-5,11H,6-10H2,1H3,(H2,16,17). The first kappa shape index (κ1) is 16.3. The summed E-state index contributed by atoms with van der Waals surface area (Å²) in [4.78, 5) is 4.37. The summed E-state index contributed by atoms with van der Waals surface area (Å²) in [5.41, 5.74) is 6.15. The average Bonchev–Trinajstić information content (AvgIpc) is 2.48. The Morgan fingerprint density at radius 3 is 2.43 bits per heavy atom. The fourth-order valence-corrected chi connectivity index (χ4v) is 3.79. The molecular weight excluding hydrogens is 310 g/mol. The van der Waals surface area contributed by atoms with Crippen LogP contribution in [0.3, 0.4) is 0 Å². The van der Waals surface area contributed by atoms with Crippen LogP contribution in [0, 0.1) is 5.92 Å². The van der Waals surface area contributed by atoms with E-state index in [9.17, 15) is 8.42 Å². The fourth-order valence-electron chi connectivity index (χ4n) is 2.26. The van der Waals surface area contributed by atoms with Crippen molar-refractivity contribution >= 4 is 33.1 Å². The van der Waals surface area contributed by atoms with Gasteiger partial charge in [-0.3, -0.25) is 0 Å². The van der Waals surface area contributed by atoms with Crippen LogP contribution in [0.4, 0.5) is 5.69 Å². The number of amidine groups is 1. The van der Waals surface area contributed by atoms with Crippen molar-refractivity contribution in [1.82, 2.24) is 4.31 Å². The van der Waals surface area contributed by atoms with Gasteiger partial charge in [-0.1, -0.05) is 6.92 Å². The summed E-state index contributed by atoms with van der Waals surface area (Å²) in [6.45, 7) is 3.32. The Hall–Kier alpha value is -1.11. The van der Waals surface area contributed by atoms with Crippen LogP contribution in [0.1, 0.15) is 19.8 Å². The van der Waals surface area contributed by atoms with Crippen LogP contribution in [0.2, 0.25) is 0 Å². The number of sulfonamides is 1. The van der Waals surface area contributed by atoms with E-state index in [1.807, 2.05) is 0 Å². The molecule has 1 aromatic rings. The van der Waals surface area contributed by atoms with Crippen LogP contribution in [-0.4, -0.2) is 37.5 Å². The molecule has 2 rings (SSSR count). The molecule has 1 aliphatic heterocycles. The van der Waals surface area contributed by atoms with Crippen molar-refractivity contribution in [2.75, 3.05) is 19.0 Å². The zero-order chi connectivity index (χ0) is 15.5. The van der Waals surface area contributed by atoms with E-state index in [-0.39, 0.29) is 5.88 Å². The molecule has 5 nitrogen and oxygen atoms in total. The van der Waals surface area contributed by atoms with Gasteiger partial charge in [0.25, 0.3) is 0 Å². The molecule has 1 aliphatic rings. The quantitative estimate of drug-likeness (QED) is 0.523. The van der Waals surface area contributed by atoms with Crippen molar-refractivity contribution < 1.29 is 8.42 Å². The summed E-state index contributed by atoms with van der Waals surface area (Å²) >= 11 is 5.56. The predicted octanol–water partition coefficient (Wildman–Crippen LogP) is 2.33. The summed E-state index contributed by atoms with van der Waals surface area (Å²) < 4.78 is 26.6. The topological polar surface area (TPSA) is 75.8 Å². The minimum Gasteiger partial charge on any atom is -0.386 e. The van der Waals surface area contributed by atoms with Crippen LogP contribution >= 0.6 is 11.6 Å². The summed E-state index contributed by atoms with van der Waals surface area (Å²) in [5, 5.41) is 0. The van der Waals surface area contributed by atoms with Gasteiger partial charge in [-0.25, -0.2) is 13.4 Å². The largest absolute Gasteiger partial charge is 0.386 e. The third-order valence-corrected chi connectivity index (χ3v) is 5.81. The Kier molecular flexibility index (Phi) is 5.24. The fraction of sp³-hybridized carbons (Fsp3) is 0.500. The second-order valence-corrected chi connectivity index (χ2v) is 7.52. The molecule has 0 atom stereocenters. The molecule has 0 saturated carbocycles. The number of hydrogen-bond donors (Lipinski definition) is 1. The number of alkyl halides is 1. The lowest BCUT2D eigenvalue weighted by Gasteiger charge is -2.29. The highest BCUT2D eigenvalue weighted by Gasteiger charge is 2.27. The third-order valence-electron chi connectivity index (χ3n) is 3.63. The number of benzene rings is 1. The highest BCUT2D eigenvalue weighted by Crippen LogP contribution is 2.24. The van der Waals surface area contributed by atoms with Crippen LogP contribution < -0.4 is 5.73 Å². The first-order chi connectivity index (χ1) is 9.93. The summed E-state index contributed by atoms with van der Waals surface area (Å²) in [7, 11) is -3.41. The zero-order valence-electron chi connectivity index (χ0n) is 12.0. The smallest absolute Gasteiger partial charge is 0.243 e. The molecule has 0 radical (unpaired) electrons. The Bertz CT molecular complexity index is 606. The van der Waals surface area contributed by atoms with E-state index in [0.717, 1.165) is 12.8 Å². The lowest BCUT2D eigenvalue weighted by molar-refractivity contribution is 0.288. The van der Waals surface area contributed by atoms with E-state index in [2.05, 4.69) is 11.9 Å². The highest BCUT2D eigenvalue weighted by atomic mass is 35.5. The monoisotopic (exact) mass is 329 g/mol. The van der Waals surface area contributed by atoms with Crippen molar-refractivity contribution in [3.8, 4) is 0 Å². The number of hydrogen-bond acceptors (Lipinski definition) is 3. The van der Waals surface area contributed by atoms with Crippen LogP contribution in [0.5, 0.6) is 0 Å². The van der Waals surface area contributed by atoms with Gasteiger partial charge < -0.3 is 5.73 Å². The zero-order valence-corrected chi connectivity index (χ0v) is 13.6. The highest BCUT2D eigenvalue weighted by molar-refractivity contribution is 7.89. The third kappa shape index (κ3) is 3.96. The van der Waals surface area contributed by atoms with Gasteiger partial charge in [-0.15, -0.1) is 11.6 Å². The number of nitrogens with zero attached hydrogens (tertiary/aromatic N) is 2. The predicted molar refractivity (Wildman–Crippen MR) is 85.6 cm³/mol. The molecule has 0 aromatic heterocycles. The minimum absolute atomic E-state index is 0.145. The summed E-state index contributed by atoms with van der Waals surface area (Å²) in [6.07, 6.45) is 1.82. The maximum Gasteiger partial charge on any atom is 0.243 e. The number of aliphatic imine (C=N–C) groups is 1. The Labute approximate surface area is 130 Å². The molecule has 0 amide bonds. The first-order valence-corrected chi connectivity index (χ1v) is 8.90. The van der Waals surface area contributed by atoms with Crippen molar-refractivity contribution in [3.05, 3.63) is 24.3 Å². The number of halogens is 1. The molecule has 0 aliphatic carbocycles. The molecule has 1 heterocycles. The number of nitrogens with two attached hydrogens (primary N) is 1. The van der Waals surface area contributed by atoms with E-state index >= 15 is 0 Å². The summed E-state index contributed by atoms with van der Waals surface area (Å²) in [5.74, 6) is 1.04. The van der Waals surface area contributed by atoms with Gasteiger partial charge >= 0.3 is 0 Å². The Morgan fingerprint density at radius 1 is 1.33 bits per heavy atom.